The number of hydrogen-bond donors (Lipinski definition) is 2. The van der Waals surface area contributed by atoms with Gasteiger partial charge >= 0.3 is 5.97 Å². The Balaban J connectivity index is 0.958. The maximum absolute atomic E-state index is 14.2. The standard InChI is InChI=1S/C48H44Cl2N4O7/c1-28-5-4-6-36(52-28)25-54-24-35-23-45-44(59-27-46(61-45)33-10-14-37(15-11-33)58-26-32-9-16-39(49)40(50)19-32)22-34(35)21-42(54)47(55)53-41(48(56)57)20-31-7-12-38(13-8-31)60-43-17-18-51-30(3)29(43)2/h4-19,22-23,41-42,46H,20-21,24-27H2,1-3H3,(H,53,55)(H,56,57)/t41?,42-,46+/m0/s1. The van der Waals surface area contributed by atoms with E-state index in [9.17, 15) is 14.7 Å². The quantitative estimate of drug-likeness (QED) is 0.116. The molecule has 2 N–H and O–H groups in total. The first-order valence-electron chi connectivity index (χ1n) is 20.0. The zero-order chi connectivity index (χ0) is 42.6. The Morgan fingerprint density at radius 3 is 2.39 bits per heavy atom. The van der Waals surface area contributed by atoms with Gasteiger partial charge in [-0.1, -0.05) is 59.6 Å². The van der Waals surface area contributed by atoms with Crippen molar-refractivity contribution in [3.8, 4) is 28.7 Å². The van der Waals surface area contributed by atoms with E-state index in [0.29, 0.717) is 71.5 Å². The number of benzene rings is 4. The number of nitrogens with one attached hydrogen (secondary N) is 1. The Bertz CT molecular complexity index is 2570. The number of hydrogen-bond acceptors (Lipinski definition) is 9. The van der Waals surface area contributed by atoms with Crippen LogP contribution in [0.2, 0.25) is 10.0 Å². The molecule has 0 saturated carbocycles. The summed E-state index contributed by atoms with van der Waals surface area (Å²) < 4.78 is 24.8. The number of aromatic nitrogens is 2. The van der Waals surface area contributed by atoms with E-state index in [1.54, 1.807) is 36.5 Å². The zero-order valence-electron chi connectivity index (χ0n) is 33.9. The number of halogens is 2. The first-order chi connectivity index (χ1) is 29.4. The van der Waals surface area contributed by atoms with Gasteiger partial charge in [-0.3, -0.25) is 19.7 Å². The van der Waals surface area contributed by atoms with E-state index in [-0.39, 0.29) is 18.4 Å². The highest BCUT2D eigenvalue weighted by molar-refractivity contribution is 6.42. The largest absolute Gasteiger partial charge is 0.489 e. The van der Waals surface area contributed by atoms with Gasteiger partial charge in [0.15, 0.2) is 17.6 Å². The number of carbonyl (C=O) groups excluding carboxylic acids is 1. The minimum absolute atomic E-state index is 0.0891. The van der Waals surface area contributed by atoms with Crippen LogP contribution in [-0.2, 0) is 42.1 Å². The average molecular weight is 860 g/mol. The maximum atomic E-state index is 14.2. The number of aliphatic carboxylic acids is 1. The molecule has 2 aromatic heterocycles. The summed E-state index contributed by atoms with van der Waals surface area (Å²) in [5.74, 6) is 1.70. The Kier molecular flexibility index (Phi) is 12.4. The van der Waals surface area contributed by atoms with Crippen LogP contribution >= 0.6 is 23.2 Å². The third-order valence-electron chi connectivity index (χ3n) is 11.0. The van der Waals surface area contributed by atoms with E-state index in [0.717, 1.165) is 50.5 Å². The number of amides is 1. The van der Waals surface area contributed by atoms with Gasteiger partial charge < -0.3 is 29.4 Å². The van der Waals surface area contributed by atoms with Gasteiger partial charge in [-0.05, 0) is 122 Å². The van der Waals surface area contributed by atoms with E-state index in [1.165, 1.54) is 0 Å². The number of carboxylic acids is 1. The number of fused-ring (bicyclic) bond motifs is 2. The summed E-state index contributed by atoms with van der Waals surface area (Å²) in [6.45, 7) is 7.22. The molecule has 4 heterocycles. The van der Waals surface area contributed by atoms with Crippen LogP contribution in [0, 0.1) is 20.8 Å². The second-order valence-electron chi connectivity index (χ2n) is 15.4. The van der Waals surface area contributed by atoms with Crippen molar-refractivity contribution in [2.75, 3.05) is 6.61 Å². The van der Waals surface area contributed by atoms with Gasteiger partial charge in [-0.2, -0.15) is 0 Å². The lowest BCUT2D eigenvalue weighted by Crippen LogP contribution is -2.54. The molecule has 11 nitrogen and oxygen atoms in total. The summed E-state index contributed by atoms with van der Waals surface area (Å²) in [5, 5.41) is 14.1. The third kappa shape index (κ3) is 9.92. The number of nitrogens with zero attached hydrogens (tertiary/aromatic N) is 3. The normalized spacial score (nSPS) is 16.3. The molecule has 0 aliphatic carbocycles. The van der Waals surface area contributed by atoms with E-state index in [1.807, 2.05) is 98.5 Å². The van der Waals surface area contributed by atoms with Crippen LogP contribution in [0.1, 0.15) is 56.6 Å². The smallest absolute Gasteiger partial charge is 0.326 e. The minimum atomic E-state index is -1.16. The van der Waals surface area contributed by atoms with E-state index >= 15 is 0 Å². The van der Waals surface area contributed by atoms with Crippen molar-refractivity contribution in [1.82, 2.24) is 20.2 Å². The zero-order valence-corrected chi connectivity index (χ0v) is 35.4. The molecular formula is C48H44Cl2N4O7. The van der Waals surface area contributed by atoms with Crippen LogP contribution in [-0.4, -0.2) is 50.5 Å². The second-order valence-corrected chi connectivity index (χ2v) is 16.2. The van der Waals surface area contributed by atoms with Crippen LogP contribution in [0.25, 0.3) is 0 Å². The van der Waals surface area contributed by atoms with Crippen LogP contribution in [0.3, 0.4) is 0 Å². The van der Waals surface area contributed by atoms with Gasteiger partial charge in [-0.15, -0.1) is 0 Å². The number of ether oxygens (including phenoxy) is 4. The molecule has 1 unspecified atom stereocenters. The van der Waals surface area contributed by atoms with E-state index in [2.05, 4.69) is 10.3 Å². The van der Waals surface area contributed by atoms with Crippen LogP contribution < -0.4 is 24.3 Å². The molecule has 0 saturated heterocycles. The van der Waals surface area contributed by atoms with Crippen LogP contribution in [0.15, 0.2) is 109 Å². The van der Waals surface area contributed by atoms with Gasteiger partial charge in [0.05, 0.1) is 21.8 Å². The van der Waals surface area contributed by atoms with Gasteiger partial charge in [0, 0.05) is 42.7 Å². The first kappa shape index (κ1) is 41.6. The second kappa shape index (κ2) is 18.2. The van der Waals surface area contributed by atoms with Crippen molar-refractivity contribution in [2.24, 2.45) is 0 Å². The lowest BCUT2D eigenvalue weighted by Gasteiger charge is -2.37. The predicted molar refractivity (Wildman–Crippen MR) is 232 cm³/mol. The van der Waals surface area contributed by atoms with Crippen LogP contribution in [0.4, 0.5) is 0 Å². The fourth-order valence-electron chi connectivity index (χ4n) is 7.52. The van der Waals surface area contributed by atoms with Crippen molar-refractivity contribution in [3.63, 3.8) is 0 Å². The average Bonchev–Trinajstić information content (AvgIpc) is 3.25. The molecule has 2 aliphatic rings. The highest BCUT2D eigenvalue weighted by atomic mass is 35.5. The maximum Gasteiger partial charge on any atom is 0.326 e. The number of aryl methyl sites for hydroxylation is 2. The fourth-order valence-corrected chi connectivity index (χ4v) is 7.84. The molecule has 312 valence electrons. The summed E-state index contributed by atoms with van der Waals surface area (Å²) in [6.07, 6.45) is 1.77. The van der Waals surface area contributed by atoms with Crippen molar-refractivity contribution in [1.29, 1.82) is 0 Å². The molecule has 1 amide bonds. The Morgan fingerprint density at radius 2 is 1.64 bits per heavy atom. The molecule has 0 bridgehead atoms. The first-order valence-corrected chi connectivity index (χ1v) is 20.7. The highest BCUT2D eigenvalue weighted by Gasteiger charge is 2.36. The molecule has 61 heavy (non-hydrogen) atoms. The van der Waals surface area contributed by atoms with Gasteiger partial charge in [0.2, 0.25) is 5.91 Å². The monoisotopic (exact) mass is 858 g/mol. The van der Waals surface area contributed by atoms with Crippen molar-refractivity contribution in [3.05, 3.63) is 170 Å². The molecular weight excluding hydrogens is 815 g/mol. The van der Waals surface area contributed by atoms with Crippen LogP contribution in [0.5, 0.6) is 28.7 Å². The van der Waals surface area contributed by atoms with E-state index < -0.39 is 18.1 Å². The van der Waals surface area contributed by atoms with Gasteiger partial charge in [0.1, 0.15) is 36.5 Å². The molecule has 3 atom stereocenters. The van der Waals surface area contributed by atoms with Crippen molar-refractivity contribution >= 4 is 35.1 Å². The summed E-state index contributed by atoms with van der Waals surface area (Å²) in [6, 6.07) is 30.0. The Morgan fingerprint density at radius 1 is 0.885 bits per heavy atom. The molecule has 2 aliphatic heterocycles. The molecule has 0 fully saturated rings. The molecule has 4 aromatic carbocycles. The molecule has 0 spiro atoms. The molecule has 13 heteroatoms. The minimum Gasteiger partial charge on any atom is -0.489 e. The summed E-state index contributed by atoms with van der Waals surface area (Å²) in [5.41, 5.74) is 7.98. The molecule has 6 aromatic rings. The summed E-state index contributed by atoms with van der Waals surface area (Å²) in [7, 11) is 0. The third-order valence-corrected chi connectivity index (χ3v) is 11.8. The Labute approximate surface area is 364 Å². The topological polar surface area (TPSA) is 132 Å². The van der Waals surface area contributed by atoms with E-state index in [4.69, 9.17) is 47.1 Å². The number of pyridine rings is 2. The molecule has 0 radical (unpaired) electrons. The predicted octanol–water partition coefficient (Wildman–Crippen LogP) is 9.33. The van der Waals surface area contributed by atoms with Crippen molar-refractivity contribution < 1.29 is 33.6 Å². The lowest BCUT2D eigenvalue weighted by molar-refractivity contribution is -0.142. The van der Waals surface area contributed by atoms with Crippen molar-refractivity contribution in [2.45, 2.75) is 71.5 Å². The lowest BCUT2D eigenvalue weighted by atomic mass is 9.92. The Hall–Kier alpha value is -6.14. The highest BCUT2D eigenvalue weighted by Crippen LogP contribution is 2.41. The molecule has 8 rings (SSSR count). The number of carbonyl (C=O) groups is 2. The summed E-state index contributed by atoms with van der Waals surface area (Å²) >= 11 is 12.2. The fraction of sp³-hybridized carbons (Fsp3) is 0.250. The number of carboxylic acid groups (broad SMARTS) is 1. The van der Waals surface area contributed by atoms with Gasteiger partial charge in [-0.25, -0.2) is 4.79 Å². The number of rotatable bonds is 13. The summed E-state index contributed by atoms with van der Waals surface area (Å²) in [4.78, 5) is 37.9. The SMILES string of the molecule is Cc1cccc(CN2Cc3cc4c(cc3C[C@H]2C(=O)NC(Cc2ccc(Oc3ccnc(C)c3C)cc2)C(=O)O)OC[C@H](c2ccc(OCc3ccc(Cl)c(Cl)c3)cc2)O4)n1. The van der Waals surface area contributed by atoms with Gasteiger partial charge in [0.25, 0.3) is 0 Å².